The van der Waals surface area contributed by atoms with E-state index in [0.717, 1.165) is 44.9 Å². The van der Waals surface area contributed by atoms with Crippen LogP contribution in [0.5, 0.6) is 0 Å². The van der Waals surface area contributed by atoms with Crippen molar-refractivity contribution in [2.45, 2.75) is 288 Å². The average Bonchev–Trinajstić information content (AvgIpc) is 3.26. The summed E-state index contributed by atoms with van der Waals surface area (Å²) in [5, 5.41) is 40.2. The number of ether oxygens (including phenoxy) is 4. The summed E-state index contributed by atoms with van der Waals surface area (Å²) in [6, 6.07) is 0. The first-order valence-corrected chi connectivity index (χ1v) is 26.3. The Hall–Kier alpha value is -1.07. The van der Waals surface area contributed by atoms with Crippen molar-refractivity contribution in [3.8, 4) is 0 Å². The van der Waals surface area contributed by atoms with E-state index < -0.39 is 43.4 Å². The summed E-state index contributed by atoms with van der Waals surface area (Å²) in [5.41, 5.74) is 0. The number of aliphatic hydroxyl groups excluding tert-OH is 4. The summed E-state index contributed by atoms with van der Waals surface area (Å²) in [6.07, 6.45) is 44.1. The third-order valence-corrected chi connectivity index (χ3v) is 12.4. The predicted molar refractivity (Wildman–Crippen MR) is 252 cm³/mol. The second-order valence-electron chi connectivity index (χ2n) is 18.3. The molecule has 0 aromatic rings. The van der Waals surface area contributed by atoms with Gasteiger partial charge in [-0.25, -0.2) is 0 Å². The van der Waals surface area contributed by atoms with Gasteiger partial charge in [0.15, 0.2) is 6.29 Å². The molecule has 9 heteroatoms. The van der Waals surface area contributed by atoms with E-state index in [9.17, 15) is 25.2 Å². The third-order valence-electron chi connectivity index (χ3n) is 12.4. The van der Waals surface area contributed by atoms with E-state index in [1.54, 1.807) is 0 Å². The summed E-state index contributed by atoms with van der Waals surface area (Å²) in [6.45, 7) is 4.57. The standard InChI is InChI=1S/C52H100O9/c1-3-5-7-9-11-13-15-17-18-19-20-21-22-23-24-25-26-27-28-29-30-32-34-36-38-40-42-58-44-46(45-59-52-51(57)50(56)49(55)47(43-53)61-52)60-48(54)41-39-37-35-33-31-16-14-12-10-8-6-4-2/h12,14,46-47,49-53,55-57H,3-11,13,15-45H2,1-2H3/b14-12-. The molecule has 0 spiro atoms. The van der Waals surface area contributed by atoms with Gasteiger partial charge in [-0.2, -0.15) is 0 Å². The van der Waals surface area contributed by atoms with Crippen molar-refractivity contribution in [1.29, 1.82) is 0 Å². The van der Waals surface area contributed by atoms with Crippen molar-refractivity contribution < 1.29 is 44.2 Å². The topological polar surface area (TPSA) is 135 Å². The van der Waals surface area contributed by atoms with Crippen molar-refractivity contribution in [2.75, 3.05) is 26.4 Å². The fourth-order valence-electron chi connectivity index (χ4n) is 8.31. The maximum absolute atomic E-state index is 12.8. The van der Waals surface area contributed by atoms with Gasteiger partial charge in [-0.05, 0) is 38.5 Å². The summed E-state index contributed by atoms with van der Waals surface area (Å²) in [5.74, 6) is -0.318. The smallest absolute Gasteiger partial charge is 0.306 e. The molecular weight excluding hydrogens is 769 g/mol. The lowest BCUT2D eigenvalue weighted by Crippen LogP contribution is -2.59. The maximum Gasteiger partial charge on any atom is 0.306 e. The monoisotopic (exact) mass is 869 g/mol. The van der Waals surface area contributed by atoms with Gasteiger partial charge in [-0.3, -0.25) is 4.79 Å². The van der Waals surface area contributed by atoms with Gasteiger partial charge in [0.2, 0.25) is 0 Å². The fourth-order valence-corrected chi connectivity index (χ4v) is 8.31. The Morgan fingerprint density at radius 2 is 0.902 bits per heavy atom. The number of unbranched alkanes of at least 4 members (excludes halogenated alkanes) is 33. The molecule has 0 radical (unpaired) electrons. The zero-order chi connectivity index (χ0) is 44.3. The minimum atomic E-state index is -1.53. The highest BCUT2D eigenvalue weighted by Crippen LogP contribution is 2.23. The zero-order valence-electron chi connectivity index (χ0n) is 39.9. The Morgan fingerprint density at radius 1 is 0.508 bits per heavy atom. The van der Waals surface area contributed by atoms with Crippen molar-refractivity contribution in [2.24, 2.45) is 0 Å². The van der Waals surface area contributed by atoms with Crippen molar-refractivity contribution in [3.63, 3.8) is 0 Å². The highest BCUT2D eigenvalue weighted by Gasteiger charge is 2.44. The van der Waals surface area contributed by atoms with E-state index in [1.165, 1.54) is 186 Å². The molecular formula is C52H100O9. The Bertz CT molecular complexity index is 946. The van der Waals surface area contributed by atoms with Crippen LogP contribution in [-0.2, 0) is 23.7 Å². The van der Waals surface area contributed by atoms with Gasteiger partial charge in [0.05, 0.1) is 19.8 Å². The molecule has 1 rings (SSSR count). The lowest BCUT2D eigenvalue weighted by atomic mass is 9.99. The molecule has 0 aliphatic carbocycles. The normalized spacial score (nSPS) is 19.9. The molecule has 0 bridgehead atoms. The van der Waals surface area contributed by atoms with Crippen LogP contribution in [0.4, 0.5) is 0 Å². The van der Waals surface area contributed by atoms with Gasteiger partial charge >= 0.3 is 5.97 Å². The Balaban J connectivity index is 2.11. The van der Waals surface area contributed by atoms with E-state index in [1.807, 2.05) is 0 Å². The SMILES string of the molecule is CCCCC/C=C\CCCCCCCC(=O)OC(COCCCCCCCCCCCCCCCCCCCCCCCCCCCC)COC1OC(CO)C(O)C(O)C1O. The highest BCUT2D eigenvalue weighted by atomic mass is 16.7. The summed E-state index contributed by atoms with van der Waals surface area (Å²) in [4.78, 5) is 12.8. The van der Waals surface area contributed by atoms with Gasteiger partial charge in [-0.15, -0.1) is 0 Å². The molecule has 0 aromatic heterocycles. The first kappa shape index (κ1) is 57.9. The van der Waals surface area contributed by atoms with Crippen LogP contribution in [0.2, 0.25) is 0 Å². The van der Waals surface area contributed by atoms with Gasteiger partial charge < -0.3 is 39.4 Å². The average molecular weight is 869 g/mol. The molecule has 1 aliphatic rings. The number of carbonyl (C=O) groups excluding carboxylic acids is 1. The van der Waals surface area contributed by atoms with Crippen LogP contribution in [0.25, 0.3) is 0 Å². The Labute approximate surface area is 375 Å². The number of allylic oxidation sites excluding steroid dienone is 2. The van der Waals surface area contributed by atoms with Crippen LogP contribution < -0.4 is 0 Å². The van der Waals surface area contributed by atoms with E-state index in [2.05, 4.69) is 26.0 Å². The molecule has 362 valence electrons. The summed E-state index contributed by atoms with van der Waals surface area (Å²) < 4.78 is 22.9. The van der Waals surface area contributed by atoms with Gasteiger partial charge in [0.1, 0.15) is 30.5 Å². The Morgan fingerprint density at radius 3 is 1.36 bits per heavy atom. The van der Waals surface area contributed by atoms with Crippen LogP contribution in [0.1, 0.15) is 251 Å². The molecule has 1 aliphatic heterocycles. The molecule has 61 heavy (non-hydrogen) atoms. The lowest BCUT2D eigenvalue weighted by Gasteiger charge is -2.39. The first-order valence-electron chi connectivity index (χ1n) is 26.3. The predicted octanol–water partition coefficient (Wildman–Crippen LogP) is 12.8. The molecule has 6 unspecified atom stereocenters. The van der Waals surface area contributed by atoms with Crippen molar-refractivity contribution in [1.82, 2.24) is 0 Å². The van der Waals surface area contributed by atoms with Crippen LogP contribution in [0, 0.1) is 0 Å². The summed E-state index contributed by atoms with van der Waals surface area (Å²) in [7, 11) is 0. The van der Waals surface area contributed by atoms with Crippen LogP contribution in [0.15, 0.2) is 12.2 Å². The molecule has 4 N–H and O–H groups in total. The number of hydrogen-bond acceptors (Lipinski definition) is 9. The zero-order valence-corrected chi connectivity index (χ0v) is 39.9. The number of esters is 1. The molecule has 0 saturated carbocycles. The van der Waals surface area contributed by atoms with Crippen molar-refractivity contribution in [3.05, 3.63) is 12.2 Å². The molecule has 1 fully saturated rings. The largest absolute Gasteiger partial charge is 0.457 e. The molecule has 1 saturated heterocycles. The quantitative estimate of drug-likeness (QED) is 0.0268. The van der Waals surface area contributed by atoms with Gasteiger partial charge in [0, 0.05) is 13.0 Å². The van der Waals surface area contributed by atoms with Crippen LogP contribution in [-0.4, -0.2) is 89.6 Å². The van der Waals surface area contributed by atoms with E-state index in [-0.39, 0.29) is 19.2 Å². The Kier molecular flexibility index (Phi) is 41.9. The van der Waals surface area contributed by atoms with E-state index in [0.29, 0.717) is 13.0 Å². The van der Waals surface area contributed by atoms with Crippen LogP contribution in [0.3, 0.4) is 0 Å². The minimum absolute atomic E-state index is 0.111. The number of carbonyl (C=O) groups is 1. The number of hydrogen-bond donors (Lipinski definition) is 4. The second kappa shape index (κ2) is 44.1. The van der Waals surface area contributed by atoms with E-state index in [4.69, 9.17) is 18.9 Å². The number of rotatable bonds is 46. The lowest BCUT2D eigenvalue weighted by molar-refractivity contribution is -0.305. The summed E-state index contributed by atoms with van der Waals surface area (Å²) >= 11 is 0. The van der Waals surface area contributed by atoms with Crippen LogP contribution >= 0.6 is 0 Å². The fraction of sp³-hybridized carbons (Fsp3) is 0.942. The molecule has 0 amide bonds. The highest BCUT2D eigenvalue weighted by molar-refractivity contribution is 5.69. The number of aliphatic hydroxyl groups is 4. The maximum atomic E-state index is 12.8. The molecule has 0 aromatic carbocycles. The first-order chi connectivity index (χ1) is 29.9. The van der Waals surface area contributed by atoms with Crippen molar-refractivity contribution >= 4 is 5.97 Å². The second-order valence-corrected chi connectivity index (χ2v) is 18.3. The molecule has 6 atom stereocenters. The van der Waals surface area contributed by atoms with E-state index >= 15 is 0 Å². The molecule has 9 nitrogen and oxygen atoms in total. The minimum Gasteiger partial charge on any atom is -0.457 e. The third kappa shape index (κ3) is 34.9. The van der Waals surface area contributed by atoms with Gasteiger partial charge in [0.25, 0.3) is 0 Å². The van der Waals surface area contributed by atoms with Gasteiger partial charge in [-0.1, -0.05) is 219 Å². The molecule has 1 heterocycles.